The highest BCUT2D eigenvalue weighted by molar-refractivity contribution is 6.06. The van der Waals surface area contributed by atoms with Crippen molar-refractivity contribution in [3.8, 4) is 17.2 Å². The molecule has 0 atom stereocenters. The van der Waals surface area contributed by atoms with E-state index in [-0.39, 0.29) is 85.2 Å². The first-order valence-corrected chi connectivity index (χ1v) is 14.3. The number of aliphatic carboxylic acids is 1. The third kappa shape index (κ3) is 7.68. The average molecular weight is 658 g/mol. The van der Waals surface area contributed by atoms with Crippen LogP contribution < -0.4 is 19.1 Å². The summed E-state index contributed by atoms with van der Waals surface area (Å²) in [7, 11) is 1.61. The van der Waals surface area contributed by atoms with Crippen LogP contribution >= 0.6 is 24.8 Å². The van der Waals surface area contributed by atoms with Gasteiger partial charge in [0.25, 0.3) is 0 Å². The fraction of sp³-hybridized carbons (Fsp3) is 0.516. The molecule has 2 aromatic rings. The molecule has 0 unspecified atom stereocenters. The molecule has 2 N–H and O–H groups in total. The van der Waals surface area contributed by atoms with Crippen molar-refractivity contribution in [1.82, 2.24) is 9.80 Å². The average Bonchev–Trinajstić information content (AvgIpc) is 3.24. The zero-order chi connectivity index (χ0) is 30.8. The Kier molecular flexibility index (Phi) is 12.7. The molecule has 13 heteroatoms. The number of carboxylic acid groups (broad SMARTS) is 1. The minimum Gasteiger partial charge on any atom is -0.494 e. The Bertz CT molecular complexity index is 1380. The summed E-state index contributed by atoms with van der Waals surface area (Å²) in [6, 6.07) is 5.36. The van der Waals surface area contributed by atoms with Crippen molar-refractivity contribution in [2.45, 2.75) is 46.6 Å². The van der Waals surface area contributed by atoms with Gasteiger partial charge in [-0.1, -0.05) is 20.8 Å². The number of Topliss-reactive ketones (excluding diaryl/α,β-unsaturated/α-hetero) is 1. The van der Waals surface area contributed by atoms with Crippen LogP contribution in [0.25, 0.3) is 0 Å². The van der Waals surface area contributed by atoms with Crippen LogP contribution in [0.4, 0.5) is 10.1 Å². The van der Waals surface area contributed by atoms with E-state index < -0.39 is 11.8 Å². The Morgan fingerprint density at radius 1 is 0.977 bits per heavy atom. The second-order valence-corrected chi connectivity index (χ2v) is 11.5. The molecule has 0 radical (unpaired) electrons. The van der Waals surface area contributed by atoms with Gasteiger partial charge in [0.05, 0.1) is 44.7 Å². The number of nitrogens with zero attached hydrogens (tertiary/aromatic N) is 3. The number of methoxy groups -OCH3 is 1. The molecular formula is C31H43Cl2FN4O6. The van der Waals surface area contributed by atoms with Crippen molar-refractivity contribution in [1.29, 1.82) is 5.41 Å². The molecule has 0 spiro atoms. The zero-order valence-corrected chi connectivity index (χ0v) is 27.8. The van der Waals surface area contributed by atoms with E-state index in [2.05, 4.69) is 25.7 Å². The normalized spacial score (nSPS) is 14.8. The predicted octanol–water partition coefficient (Wildman–Crippen LogP) is 5.00. The maximum absolute atomic E-state index is 15.5. The SMILES string of the molecule is CCOc1cc2c(c(F)c1OCC)C(=N)N(CC(=O)c1cc(N3CCN(CC(=O)O)CC3)c(OC)c(C(C)(C)C)c1)C2.Cl.Cl. The summed E-state index contributed by atoms with van der Waals surface area (Å²) in [5, 5.41) is 17.9. The van der Waals surface area contributed by atoms with E-state index in [0.717, 1.165) is 11.3 Å². The zero-order valence-electron chi connectivity index (χ0n) is 26.1. The molecule has 0 aromatic heterocycles. The smallest absolute Gasteiger partial charge is 0.317 e. The Balaban J connectivity index is 0.00000337. The van der Waals surface area contributed by atoms with Crippen molar-refractivity contribution in [2.75, 3.05) is 64.5 Å². The molecule has 2 aliphatic heterocycles. The second kappa shape index (κ2) is 15.1. The number of carbonyl (C=O) groups is 2. The van der Waals surface area contributed by atoms with Crippen LogP contribution in [0.15, 0.2) is 18.2 Å². The number of halogens is 3. The van der Waals surface area contributed by atoms with Gasteiger partial charge < -0.3 is 29.1 Å². The Morgan fingerprint density at radius 3 is 2.16 bits per heavy atom. The standard InChI is InChI=1S/C31H41FN4O6.2ClH/c1-7-41-24-15-20-16-36(30(33)26(20)27(32)29(24)42-8-2)17-23(37)19-13-21(31(3,4)5)28(40-6)22(14-19)35-11-9-34(10-12-35)18-25(38)39;;/h13-15,33H,7-12,16-18H2,1-6H3,(H,38,39);2*1H. The lowest BCUT2D eigenvalue weighted by Gasteiger charge is -2.37. The van der Waals surface area contributed by atoms with E-state index in [1.165, 1.54) is 0 Å². The van der Waals surface area contributed by atoms with Crippen molar-refractivity contribution >= 4 is 48.1 Å². The molecule has 244 valence electrons. The van der Waals surface area contributed by atoms with E-state index in [4.69, 9.17) is 19.6 Å². The van der Waals surface area contributed by atoms with Crippen molar-refractivity contribution in [3.63, 3.8) is 0 Å². The summed E-state index contributed by atoms with van der Waals surface area (Å²) >= 11 is 0. The lowest BCUT2D eigenvalue weighted by molar-refractivity contribution is -0.138. The highest BCUT2D eigenvalue weighted by Crippen LogP contribution is 2.42. The number of ketones is 1. The first-order valence-electron chi connectivity index (χ1n) is 14.3. The number of hydrogen-bond acceptors (Lipinski definition) is 8. The number of anilines is 1. The molecule has 2 heterocycles. The topological polar surface area (TPSA) is 116 Å². The van der Waals surface area contributed by atoms with Crippen LogP contribution in [0.3, 0.4) is 0 Å². The number of nitrogens with one attached hydrogen (secondary N) is 1. The number of benzene rings is 2. The first-order chi connectivity index (χ1) is 19.9. The molecule has 1 fully saturated rings. The van der Waals surface area contributed by atoms with Gasteiger partial charge in [0.2, 0.25) is 0 Å². The van der Waals surface area contributed by atoms with Crippen LogP contribution in [0.1, 0.15) is 61.7 Å². The van der Waals surface area contributed by atoms with Gasteiger partial charge in [-0.2, -0.15) is 0 Å². The fourth-order valence-corrected chi connectivity index (χ4v) is 5.54. The fourth-order valence-electron chi connectivity index (χ4n) is 5.54. The number of piperazine rings is 1. The van der Waals surface area contributed by atoms with Gasteiger partial charge in [-0.3, -0.25) is 19.9 Å². The quantitative estimate of drug-likeness (QED) is 0.322. The summed E-state index contributed by atoms with van der Waals surface area (Å²) in [6.07, 6.45) is 0. The maximum atomic E-state index is 15.5. The number of carbonyl (C=O) groups excluding carboxylic acids is 1. The number of hydrogen-bond donors (Lipinski definition) is 2. The first kappa shape index (κ1) is 36.9. The van der Waals surface area contributed by atoms with Gasteiger partial charge in [0.15, 0.2) is 23.1 Å². The van der Waals surface area contributed by atoms with Gasteiger partial charge >= 0.3 is 5.97 Å². The minimum atomic E-state index is -0.860. The largest absolute Gasteiger partial charge is 0.494 e. The summed E-state index contributed by atoms with van der Waals surface area (Å²) < 4.78 is 32.5. The highest BCUT2D eigenvalue weighted by atomic mass is 35.5. The van der Waals surface area contributed by atoms with Crippen LogP contribution in [0.5, 0.6) is 17.2 Å². The van der Waals surface area contributed by atoms with Crippen LogP contribution in [-0.2, 0) is 16.8 Å². The molecule has 0 bridgehead atoms. The molecular weight excluding hydrogens is 614 g/mol. The van der Waals surface area contributed by atoms with Crippen LogP contribution in [0, 0.1) is 11.2 Å². The third-order valence-electron chi connectivity index (χ3n) is 7.58. The number of carboxylic acids is 1. The van der Waals surface area contributed by atoms with E-state index in [0.29, 0.717) is 49.7 Å². The molecule has 44 heavy (non-hydrogen) atoms. The summed E-state index contributed by atoms with van der Waals surface area (Å²) in [4.78, 5) is 30.5. The maximum Gasteiger partial charge on any atom is 0.317 e. The molecule has 10 nitrogen and oxygen atoms in total. The summed E-state index contributed by atoms with van der Waals surface area (Å²) in [5.41, 5.74) is 2.47. The Labute approximate surface area is 270 Å². The highest BCUT2D eigenvalue weighted by Gasteiger charge is 2.34. The van der Waals surface area contributed by atoms with E-state index in [9.17, 15) is 14.7 Å². The molecule has 0 amide bonds. The van der Waals surface area contributed by atoms with E-state index >= 15 is 4.39 Å². The van der Waals surface area contributed by atoms with Crippen LogP contribution in [-0.4, -0.2) is 92.1 Å². The van der Waals surface area contributed by atoms with Gasteiger partial charge in [0, 0.05) is 43.9 Å². The number of fused-ring (bicyclic) bond motifs is 1. The number of ether oxygens (including phenoxy) is 3. The van der Waals surface area contributed by atoms with Gasteiger partial charge in [0.1, 0.15) is 11.6 Å². The van der Waals surface area contributed by atoms with Crippen LogP contribution in [0.2, 0.25) is 0 Å². The lowest BCUT2D eigenvalue weighted by atomic mass is 9.84. The Hall–Kier alpha value is -3.28. The molecule has 2 aliphatic rings. The lowest BCUT2D eigenvalue weighted by Crippen LogP contribution is -2.48. The molecule has 4 rings (SSSR count). The molecule has 2 aromatic carbocycles. The second-order valence-electron chi connectivity index (χ2n) is 11.5. The van der Waals surface area contributed by atoms with E-state index in [1.807, 2.05) is 17.0 Å². The number of amidine groups is 1. The molecule has 0 aliphatic carbocycles. The minimum absolute atomic E-state index is 0. The predicted molar refractivity (Wildman–Crippen MR) is 173 cm³/mol. The van der Waals surface area contributed by atoms with Gasteiger partial charge in [-0.25, -0.2) is 4.39 Å². The van der Waals surface area contributed by atoms with Gasteiger partial charge in [-0.05, 0) is 43.0 Å². The molecule has 0 saturated carbocycles. The third-order valence-corrected chi connectivity index (χ3v) is 7.58. The van der Waals surface area contributed by atoms with Gasteiger partial charge in [-0.15, -0.1) is 24.8 Å². The summed E-state index contributed by atoms with van der Waals surface area (Å²) in [6.45, 7) is 12.7. The van der Waals surface area contributed by atoms with Crippen molar-refractivity contribution in [2.24, 2.45) is 0 Å². The summed E-state index contributed by atoms with van der Waals surface area (Å²) in [5.74, 6) is -0.839. The van der Waals surface area contributed by atoms with Crippen molar-refractivity contribution in [3.05, 3.63) is 46.3 Å². The van der Waals surface area contributed by atoms with E-state index in [1.54, 1.807) is 31.9 Å². The molecule has 1 saturated heterocycles. The van der Waals surface area contributed by atoms with Crippen molar-refractivity contribution < 1.29 is 33.3 Å². The monoisotopic (exact) mass is 656 g/mol. The number of rotatable bonds is 11. The Morgan fingerprint density at radius 2 is 1.61 bits per heavy atom.